The van der Waals surface area contributed by atoms with Crippen molar-refractivity contribution >= 4 is 5.91 Å². The SMILES string of the molecule is O=C(NCc1ccc(OC(F)(F)F)cc1)c1c(O)cccc1O[C@@H]1O[C@H](CO)[C@@H](O)[C@H](O)[C@H]1O. The van der Waals surface area contributed by atoms with Crippen LogP contribution in [0.15, 0.2) is 42.5 Å². The van der Waals surface area contributed by atoms with Crippen molar-refractivity contribution in [2.45, 2.75) is 43.6 Å². The van der Waals surface area contributed by atoms with Crippen LogP contribution >= 0.6 is 0 Å². The molecule has 1 saturated heterocycles. The maximum Gasteiger partial charge on any atom is 0.573 e. The Hall–Kier alpha value is -3.10. The van der Waals surface area contributed by atoms with Gasteiger partial charge in [0.15, 0.2) is 0 Å². The van der Waals surface area contributed by atoms with Crippen LogP contribution in [-0.4, -0.2) is 75.1 Å². The van der Waals surface area contributed by atoms with Crippen molar-refractivity contribution in [1.29, 1.82) is 0 Å². The number of alkyl halides is 3. The van der Waals surface area contributed by atoms with Crippen LogP contribution in [0.25, 0.3) is 0 Å². The number of hydrogen-bond donors (Lipinski definition) is 6. The van der Waals surface area contributed by atoms with Crippen LogP contribution in [0, 0.1) is 0 Å². The first-order chi connectivity index (χ1) is 16.0. The molecule has 0 saturated carbocycles. The minimum absolute atomic E-state index is 0.126. The highest BCUT2D eigenvalue weighted by atomic mass is 19.4. The number of hydrogen-bond acceptors (Lipinski definition) is 9. The largest absolute Gasteiger partial charge is 0.573 e. The van der Waals surface area contributed by atoms with E-state index in [1.165, 1.54) is 30.3 Å². The van der Waals surface area contributed by atoms with E-state index in [4.69, 9.17) is 9.47 Å². The van der Waals surface area contributed by atoms with Gasteiger partial charge in [-0.2, -0.15) is 0 Å². The summed E-state index contributed by atoms with van der Waals surface area (Å²) >= 11 is 0. The van der Waals surface area contributed by atoms with Crippen LogP contribution in [0.1, 0.15) is 15.9 Å². The zero-order valence-electron chi connectivity index (χ0n) is 17.3. The predicted molar refractivity (Wildman–Crippen MR) is 107 cm³/mol. The number of halogens is 3. The molecule has 3 rings (SSSR count). The van der Waals surface area contributed by atoms with Crippen LogP contribution in [0.3, 0.4) is 0 Å². The molecule has 186 valence electrons. The highest BCUT2D eigenvalue weighted by molar-refractivity contribution is 5.99. The molecule has 1 aliphatic rings. The number of ether oxygens (including phenoxy) is 3. The first-order valence-electron chi connectivity index (χ1n) is 9.92. The van der Waals surface area contributed by atoms with Crippen molar-refractivity contribution in [3.8, 4) is 17.2 Å². The number of phenolic OH excluding ortho intramolecular Hbond substituents is 1. The summed E-state index contributed by atoms with van der Waals surface area (Å²) < 4.78 is 51.3. The van der Waals surface area contributed by atoms with Gasteiger partial charge in [-0.3, -0.25) is 4.79 Å². The summed E-state index contributed by atoms with van der Waals surface area (Å²) in [6, 6.07) is 8.56. The van der Waals surface area contributed by atoms with Crippen molar-refractivity contribution in [2.24, 2.45) is 0 Å². The van der Waals surface area contributed by atoms with E-state index in [-0.39, 0.29) is 17.9 Å². The number of aliphatic hydroxyl groups is 4. The highest BCUT2D eigenvalue weighted by Gasteiger charge is 2.45. The van der Waals surface area contributed by atoms with Crippen molar-refractivity contribution in [3.63, 3.8) is 0 Å². The molecule has 0 aliphatic carbocycles. The minimum Gasteiger partial charge on any atom is -0.507 e. The quantitative estimate of drug-likeness (QED) is 0.324. The maximum atomic E-state index is 12.7. The molecule has 0 unspecified atom stereocenters. The first-order valence-corrected chi connectivity index (χ1v) is 9.92. The third-order valence-corrected chi connectivity index (χ3v) is 4.93. The van der Waals surface area contributed by atoms with Gasteiger partial charge in [-0.1, -0.05) is 18.2 Å². The van der Waals surface area contributed by atoms with Gasteiger partial charge in [-0.25, -0.2) is 0 Å². The fourth-order valence-electron chi connectivity index (χ4n) is 3.22. The van der Waals surface area contributed by atoms with Gasteiger partial charge in [0.05, 0.1) is 6.61 Å². The van der Waals surface area contributed by atoms with Gasteiger partial charge < -0.3 is 45.1 Å². The van der Waals surface area contributed by atoms with E-state index < -0.39 is 61.1 Å². The van der Waals surface area contributed by atoms with Crippen molar-refractivity contribution in [3.05, 3.63) is 53.6 Å². The Kier molecular flexibility index (Phi) is 7.84. The molecular weight excluding hydrogens is 467 g/mol. The lowest BCUT2D eigenvalue weighted by Gasteiger charge is -2.39. The monoisotopic (exact) mass is 489 g/mol. The second-order valence-corrected chi connectivity index (χ2v) is 7.34. The van der Waals surface area contributed by atoms with Crippen LogP contribution in [0.2, 0.25) is 0 Å². The summed E-state index contributed by atoms with van der Waals surface area (Å²) in [6.07, 6.45) is -12.7. The van der Waals surface area contributed by atoms with E-state index in [1.54, 1.807) is 0 Å². The molecule has 2 aromatic rings. The summed E-state index contributed by atoms with van der Waals surface area (Å²) in [7, 11) is 0. The van der Waals surface area contributed by atoms with Crippen LogP contribution in [0.5, 0.6) is 17.2 Å². The molecule has 0 radical (unpaired) electrons. The number of nitrogens with one attached hydrogen (secondary N) is 1. The van der Waals surface area contributed by atoms with E-state index in [1.807, 2.05) is 0 Å². The molecule has 1 fully saturated rings. The molecule has 6 N–H and O–H groups in total. The van der Waals surface area contributed by atoms with E-state index in [2.05, 4.69) is 10.1 Å². The van der Waals surface area contributed by atoms with Gasteiger partial charge in [0.2, 0.25) is 6.29 Å². The number of aromatic hydroxyl groups is 1. The number of phenols is 1. The number of aliphatic hydroxyl groups excluding tert-OH is 4. The summed E-state index contributed by atoms with van der Waals surface area (Å²) in [6.45, 7) is -0.816. The summed E-state index contributed by atoms with van der Waals surface area (Å²) in [4.78, 5) is 12.7. The molecule has 1 heterocycles. The molecule has 2 aromatic carbocycles. The summed E-state index contributed by atoms with van der Waals surface area (Å²) in [5, 5.41) is 51.9. The fraction of sp³-hybridized carbons (Fsp3) is 0.381. The average Bonchev–Trinajstić information content (AvgIpc) is 2.78. The Labute approximate surface area is 190 Å². The van der Waals surface area contributed by atoms with E-state index in [0.29, 0.717) is 5.56 Å². The molecule has 0 bridgehead atoms. The number of carbonyl (C=O) groups is 1. The maximum absolute atomic E-state index is 12.7. The predicted octanol–water partition coefficient (Wildman–Crippen LogP) is 0.399. The Balaban J connectivity index is 1.71. The smallest absolute Gasteiger partial charge is 0.507 e. The Morgan fingerprint density at radius 3 is 2.32 bits per heavy atom. The summed E-state index contributed by atoms with van der Waals surface area (Å²) in [5.74, 6) is -1.99. The molecule has 0 aromatic heterocycles. The Bertz CT molecular complexity index is 984. The lowest BCUT2D eigenvalue weighted by Crippen LogP contribution is -2.60. The van der Waals surface area contributed by atoms with Gasteiger partial charge >= 0.3 is 6.36 Å². The molecule has 1 aliphatic heterocycles. The normalized spacial score (nSPS) is 25.0. The number of rotatable bonds is 7. The van der Waals surface area contributed by atoms with Crippen molar-refractivity contribution in [2.75, 3.05) is 6.61 Å². The molecule has 34 heavy (non-hydrogen) atoms. The van der Waals surface area contributed by atoms with Crippen molar-refractivity contribution in [1.82, 2.24) is 5.32 Å². The second kappa shape index (κ2) is 10.4. The lowest BCUT2D eigenvalue weighted by molar-refractivity contribution is -0.277. The zero-order chi connectivity index (χ0) is 25.0. The third-order valence-electron chi connectivity index (χ3n) is 4.93. The van der Waals surface area contributed by atoms with Gasteiger partial charge in [0.25, 0.3) is 5.91 Å². The molecule has 0 spiro atoms. The Morgan fingerprint density at radius 1 is 1.03 bits per heavy atom. The third kappa shape index (κ3) is 6.07. The van der Waals surface area contributed by atoms with E-state index in [9.17, 15) is 43.5 Å². The molecule has 5 atom stereocenters. The summed E-state index contributed by atoms with van der Waals surface area (Å²) in [5.41, 5.74) is 0.0752. The standard InChI is InChI=1S/C21H22F3NO9/c22-21(23,24)34-11-6-4-10(5-7-11)8-25-19(31)15-12(27)2-1-3-13(15)32-20-18(30)17(29)16(28)14(9-26)33-20/h1-7,14,16-18,20,26-30H,8-9H2,(H,25,31)/t14-,16-,17+,18-,20-/m1/s1. The van der Waals surface area contributed by atoms with Crippen LogP contribution in [-0.2, 0) is 11.3 Å². The van der Waals surface area contributed by atoms with E-state index >= 15 is 0 Å². The highest BCUT2D eigenvalue weighted by Crippen LogP contribution is 2.31. The van der Waals surface area contributed by atoms with Gasteiger partial charge in [0, 0.05) is 6.54 Å². The lowest BCUT2D eigenvalue weighted by atomic mass is 9.99. The number of benzene rings is 2. The van der Waals surface area contributed by atoms with Gasteiger partial charge in [-0.05, 0) is 29.8 Å². The molecule has 1 amide bonds. The zero-order valence-corrected chi connectivity index (χ0v) is 17.3. The van der Waals surface area contributed by atoms with Gasteiger partial charge in [0.1, 0.15) is 47.2 Å². The number of amides is 1. The van der Waals surface area contributed by atoms with Crippen LogP contribution < -0.4 is 14.8 Å². The topological polar surface area (TPSA) is 158 Å². The second-order valence-electron chi connectivity index (χ2n) is 7.34. The van der Waals surface area contributed by atoms with E-state index in [0.717, 1.165) is 12.1 Å². The minimum atomic E-state index is -4.84. The van der Waals surface area contributed by atoms with Gasteiger partial charge in [-0.15, -0.1) is 13.2 Å². The molecular formula is C21H22F3NO9. The Morgan fingerprint density at radius 2 is 1.71 bits per heavy atom. The average molecular weight is 489 g/mol. The van der Waals surface area contributed by atoms with Crippen LogP contribution in [0.4, 0.5) is 13.2 Å². The molecule has 13 heteroatoms. The fourth-order valence-corrected chi connectivity index (χ4v) is 3.22. The van der Waals surface area contributed by atoms with Crippen molar-refractivity contribution < 1.29 is 57.7 Å². The molecule has 10 nitrogen and oxygen atoms in total. The first kappa shape index (κ1) is 25.5. The number of carbonyl (C=O) groups excluding carboxylic acids is 1.